The molecule has 0 unspecified atom stereocenters. The number of nitriles is 1. The van der Waals surface area contributed by atoms with Crippen LogP contribution in [0.5, 0.6) is 5.88 Å². The lowest BCUT2D eigenvalue weighted by Crippen LogP contribution is -2.27. The SMILES string of the molecule is CC(C)Cn1cc(C(=N)c2c(N)cc(C#N)nc2OC2CCOCC2)cn1. The quantitative estimate of drug-likeness (QED) is 0.755. The number of hydrogen-bond donors (Lipinski definition) is 2. The molecule has 3 rings (SSSR count). The minimum absolute atomic E-state index is 0.0743. The minimum Gasteiger partial charge on any atom is -0.474 e. The highest BCUT2D eigenvalue weighted by Gasteiger charge is 2.23. The number of aromatic nitrogens is 3. The van der Waals surface area contributed by atoms with Gasteiger partial charge in [-0.25, -0.2) is 4.98 Å². The van der Waals surface area contributed by atoms with Crippen molar-refractivity contribution in [3.05, 3.63) is 35.3 Å². The van der Waals surface area contributed by atoms with E-state index in [0.29, 0.717) is 35.9 Å². The molecule has 0 atom stereocenters. The maximum Gasteiger partial charge on any atom is 0.226 e. The fourth-order valence-corrected chi connectivity index (χ4v) is 3.00. The summed E-state index contributed by atoms with van der Waals surface area (Å²) in [6, 6.07) is 3.47. The number of hydrogen-bond acceptors (Lipinski definition) is 7. The first-order valence-corrected chi connectivity index (χ1v) is 9.04. The second-order valence-electron chi connectivity index (χ2n) is 7.04. The molecule has 1 aliphatic heterocycles. The molecule has 142 valence electrons. The van der Waals surface area contributed by atoms with Crippen molar-refractivity contribution in [2.45, 2.75) is 39.3 Å². The Bertz CT molecular complexity index is 862. The van der Waals surface area contributed by atoms with E-state index in [1.165, 1.54) is 6.07 Å². The Labute approximate surface area is 158 Å². The summed E-state index contributed by atoms with van der Waals surface area (Å²) >= 11 is 0. The third-order valence-electron chi connectivity index (χ3n) is 4.30. The van der Waals surface area contributed by atoms with Crippen LogP contribution >= 0.6 is 0 Å². The van der Waals surface area contributed by atoms with Crippen LogP contribution in [0.15, 0.2) is 18.5 Å². The summed E-state index contributed by atoms with van der Waals surface area (Å²) in [6.07, 6.45) is 4.85. The molecule has 0 aliphatic carbocycles. The van der Waals surface area contributed by atoms with E-state index in [1.54, 1.807) is 10.9 Å². The number of pyridine rings is 1. The van der Waals surface area contributed by atoms with Crippen LogP contribution in [0.3, 0.4) is 0 Å². The maximum absolute atomic E-state index is 9.22. The molecular formula is C19H24N6O2. The predicted molar refractivity (Wildman–Crippen MR) is 101 cm³/mol. The fraction of sp³-hybridized carbons (Fsp3) is 0.474. The van der Waals surface area contributed by atoms with E-state index in [4.69, 9.17) is 20.6 Å². The van der Waals surface area contributed by atoms with E-state index in [9.17, 15) is 5.26 Å². The van der Waals surface area contributed by atoms with Crippen LogP contribution in [0.2, 0.25) is 0 Å². The molecule has 0 spiro atoms. The van der Waals surface area contributed by atoms with Gasteiger partial charge in [-0.05, 0) is 12.0 Å². The van der Waals surface area contributed by atoms with Crippen LogP contribution in [0, 0.1) is 22.7 Å². The Morgan fingerprint density at radius 2 is 2.22 bits per heavy atom. The Hall–Kier alpha value is -2.92. The van der Waals surface area contributed by atoms with E-state index in [2.05, 4.69) is 23.9 Å². The first-order chi connectivity index (χ1) is 13.0. The Balaban J connectivity index is 1.93. The van der Waals surface area contributed by atoms with Gasteiger partial charge in [-0.15, -0.1) is 0 Å². The van der Waals surface area contributed by atoms with Crippen LogP contribution in [0.1, 0.15) is 43.5 Å². The molecule has 0 amide bonds. The first-order valence-electron chi connectivity index (χ1n) is 9.04. The normalized spacial score (nSPS) is 14.9. The van der Waals surface area contributed by atoms with Crippen molar-refractivity contribution in [1.29, 1.82) is 10.7 Å². The average molecular weight is 368 g/mol. The lowest BCUT2D eigenvalue weighted by Gasteiger charge is -2.24. The number of rotatable bonds is 6. The molecule has 0 saturated carbocycles. The summed E-state index contributed by atoms with van der Waals surface area (Å²) < 4.78 is 13.2. The molecule has 8 heteroatoms. The Morgan fingerprint density at radius 3 is 2.89 bits per heavy atom. The highest BCUT2D eigenvalue weighted by molar-refractivity contribution is 6.15. The van der Waals surface area contributed by atoms with Crippen LogP contribution in [0.4, 0.5) is 5.69 Å². The number of anilines is 1. The summed E-state index contributed by atoms with van der Waals surface area (Å²) in [5.74, 6) is 0.668. The summed E-state index contributed by atoms with van der Waals surface area (Å²) in [5.41, 5.74) is 7.83. The number of ether oxygens (including phenoxy) is 2. The average Bonchev–Trinajstić information content (AvgIpc) is 3.09. The van der Waals surface area contributed by atoms with Crippen LogP contribution in [-0.4, -0.2) is 39.8 Å². The summed E-state index contributed by atoms with van der Waals surface area (Å²) in [4.78, 5) is 4.28. The topological polar surface area (TPSA) is 123 Å². The van der Waals surface area contributed by atoms with Crippen molar-refractivity contribution < 1.29 is 9.47 Å². The molecule has 2 aromatic heterocycles. The molecule has 2 aromatic rings. The van der Waals surface area contributed by atoms with Gasteiger partial charge in [0.1, 0.15) is 17.9 Å². The molecule has 3 N–H and O–H groups in total. The van der Waals surface area contributed by atoms with Crippen molar-refractivity contribution in [2.75, 3.05) is 18.9 Å². The van der Waals surface area contributed by atoms with Crippen molar-refractivity contribution in [2.24, 2.45) is 5.92 Å². The number of nitrogen functional groups attached to an aromatic ring is 1. The van der Waals surface area contributed by atoms with Gasteiger partial charge >= 0.3 is 0 Å². The number of nitrogens with one attached hydrogen (secondary N) is 1. The highest BCUT2D eigenvalue weighted by atomic mass is 16.5. The van der Waals surface area contributed by atoms with Gasteiger partial charge < -0.3 is 15.2 Å². The molecular weight excluding hydrogens is 344 g/mol. The van der Waals surface area contributed by atoms with Gasteiger partial charge in [0.2, 0.25) is 5.88 Å². The second-order valence-corrected chi connectivity index (χ2v) is 7.04. The minimum atomic E-state index is -0.0743. The van der Waals surface area contributed by atoms with Crippen molar-refractivity contribution in [1.82, 2.24) is 14.8 Å². The predicted octanol–water partition coefficient (Wildman–Crippen LogP) is 2.36. The van der Waals surface area contributed by atoms with Gasteiger partial charge in [-0.1, -0.05) is 13.8 Å². The molecule has 8 nitrogen and oxygen atoms in total. The molecule has 0 radical (unpaired) electrons. The second kappa shape index (κ2) is 8.18. The summed E-state index contributed by atoms with van der Waals surface area (Å²) in [5, 5.41) is 22.2. The lowest BCUT2D eigenvalue weighted by atomic mass is 10.0. The Kier molecular flexibility index (Phi) is 5.72. The van der Waals surface area contributed by atoms with Crippen LogP contribution in [0.25, 0.3) is 0 Å². The smallest absolute Gasteiger partial charge is 0.226 e. The molecule has 1 saturated heterocycles. The van der Waals surface area contributed by atoms with E-state index < -0.39 is 0 Å². The van der Waals surface area contributed by atoms with Gasteiger partial charge in [-0.3, -0.25) is 10.1 Å². The third-order valence-corrected chi connectivity index (χ3v) is 4.30. The van der Waals surface area contributed by atoms with Gasteiger partial charge in [0.15, 0.2) is 0 Å². The van der Waals surface area contributed by atoms with E-state index in [1.807, 2.05) is 12.3 Å². The largest absolute Gasteiger partial charge is 0.474 e. The molecule has 1 aliphatic rings. The molecule has 27 heavy (non-hydrogen) atoms. The summed E-state index contributed by atoms with van der Waals surface area (Å²) in [7, 11) is 0. The standard InChI is InChI=1S/C19H24N6O2/c1-12(2)10-25-11-13(9-23-25)18(22)17-16(21)7-14(8-20)24-19(17)27-15-3-5-26-6-4-15/h7,9,11-12,15,22H,3-6,10H2,1-2H3,(H2,21,24). The van der Waals surface area contributed by atoms with Gasteiger partial charge in [-0.2, -0.15) is 10.4 Å². The van der Waals surface area contributed by atoms with Gasteiger partial charge in [0.25, 0.3) is 0 Å². The lowest BCUT2D eigenvalue weighted by molar-refractivity contribution is 0.0237. The van der Waals surface area contributed by atoms with E-state index >= 15 is 0 Å². The van der Waals surface area contributed by atoms with E-state index in [0.717, 1.165) is 19.4 Å². The molecule has 0 bridgehead atoms. The van der Waals surface area contributed by atoms with Crippen molar-refractivity contribution in [3.8, 4) is 11.9 Å². The third kappa shape index (κ3) is 4.44. The molecule has 3 heterocycles. The monoisotopic (exact) mass is 368 g/mol. The molecule has 0 aromatic carbocycles. The van der Waals surface area contributed by atoms with Gasteiger partial charge in [0.05, 0.1) is 30.7 Å². The number of nitrogens with two attached hydrogens (primary N) is 1. The Morgan fingerprint density at radius 1 is 1.48 bits per heavy atom. The van der Waals surface area contributed by atoms with Crippen LogP contribution < -0.4 is 10.5 Å². The summed E-state index contributed by atoms with van der Waals surface area (Å²) in [6.45, 7) is 6.21. The zero-order valence-corrected chi connectivity index (χ0v) is 15.6. The van der Waals surface area contributed by atoms with Crippen molar-refractivity contribution >= 4 is 11.4 Å². The zero-order chi connectivity index (χ0) is 19.4. The maximum atomic E-state index is 9.22. The zero-order valence-electron chi connectivity index (χ0n) is 15.6. The van der Waals surface area contributed by atoms with Crippen molar-refractivity contribution in [3.63, 3.8) is 0 Å². The number of nitrogens with zero attached hydrogens (tertiary/aromatic N) is 4. The first kappa shape index (κ1) is 18.9. The molecule has 1 fully saturated rings. The van der Waals surface area contributed by atoms with E-state index in [-0.39, 0.29) is 23.4 Å². The van der Waals surface area contributed by atoms with Gasteiger partial charge in [0, 0.05) is 36.8 Å². The van der Waals surface area contributed by atoms with Crippen LogP contribution in [-0.2, 0) is 11.3 Å². The highest BCUT2D eigenvalue weighted by Crippen LogP contribution is 2.28. The fourth-order valence-electron chi connectivity index (χ4n) is 3.00.